The van der Waals surface area contributed by atoms with Gasteiger partial charge in [-0.15, -0.1) is 0 Å². The van der Waals surface area contributed by atoms with Gasteiger partial charge in [0.1, 0.15) is 0 Å². The lowest BCUT2D eigenvalue weighted by Crippen LogP contribution is -2.40. The normalized spacial score (nSPS) is 10.3. The Kier molecular flexibility index (Phi) is 4.88. The summed E-state index contributed by atoms with van der Waals surface area (Å²) in [6.07, 6.45) is 3.07. The van der Waals surface area contributed by atoms with E-state index in [1.165, 1.54) is 6.08 Å². The molecule has 2 rings (SSSR count). The maximum Gasteiger partial charge on any atom is 0.269 e. The van der Waals surface area contributed by atoms with Crippen LogP contribution in [0.15, 0.2) is 60.7 Å². The molecule has 0 saturated carbocycles. The third kappa shape index (κ3) is 4.62. The van der Waals surface area contributed by atoms with E-state index in [2.05, 4.69) is 10.9 Å². The van der Waals surface area contributed by atoms with Gasteiger partial charge in [0.15, 0.2) is 0 Å². The maximum absolute atomic E-state index is 11.7. The highest BCUT2D eigenvalue weighted by Crippen LogP contribution is 2.05. The van der Waals surface area contributed by atoms with Gasteiger partial charge in [0.25, 0.3) is 11.8 Å². The van der Waals surface area contributed by atoms with E-state index in [4.69, 9.17) is 0 Å². The fraction of sp³-hybridized carbons (Fsp3) is 0.0588. The highest BCUT2D eigenvalue weighted by Gasteiger charge is 2.04. The maximum atomic E-state index is 11.7. The van der Waals surface area contributed by atoms with Crippen LogP contribution in [-0.2, 0) is 4.79 Å². The third-order valence-corrected chi connectivity index (χ3v) is 2.80. The van der Waals surface area contributed by atoms with Crippen LogP contribution in [0.3, 0.4) is 0 Å². The Morgan fingerprint density at radius 2 is 1.71 bits per heavy atom. The molecule has 0 fully saturated rings. The van der Waals surface area contributed by atoms with Crippen LogP contribution in [0.4, 0.5) is 0 Å². The number of benzene rings is 2. The van der Waals surface area contributed by atoms with Crippen molar-refractivity contribution in [1.29, 1.82) is 0 Å². The minimum atomic E-state index is -0.388. The van der Waals surface area contributed by atoms with Crippen molar-refractivity contribution in [2.45, 2.75) is 6.92 Å². The fourth-order valence-electron chi connectivity index (χ4n) is 1.77. The Balaban J connectivity index is 1.86. The van der Waals surface area contributed by atoms with Crippen LogP contribution in [0, 0.1) is 6.92 Å². The third-order valence-electron chi connectivity index (χ3n) is 2.80. The molecule has 0 atom stereocenters. The average Bonchev–Trinajstić information content (AvgIpc) is 2.51. The molecule has 0 aromatic heterocycles. The Bertz CT molecular complexity index is 664. The van der Waals surface area contributed by atoms with Gasteiger partial charge >= 0.3 is 0 Å². The van der Waals surface area contributed by atoms with Crippen molar-refractivity contribution in [1.82, 2.24) is 10.9 Å². The highest BCUT2D eigenvalue weighted by atomic mass is 16.2. The summed E-state index contributed by atoms with van der Waals surface area (Å²) >= 11 is 0. The first kappa shape index (κ1) is 14.5. The smallest absolute Gasteiger partial charge is 0.268 e. The molecule has 2 N–H and O–H groups in total. The van der Waals surface area contributed by atoms with E-state index in [0.717, 1.165) is 11.1 Å². The van der Waals surface area contributed by atoms with Gasteiger partial charge in [0.2, 0.25) is 0 Å². The summed E-state index contributed by atoms with van der Waals surface area (Å²) in [5.74, 6) is -0.742. The molecule has 0 spiro atoms. The predicted molar refractivity (Wildman–Crippen MR) is 82.3 cm³/mol. The monoisotopic (exact) mass is 280 g/mol. The molecular weight excluding hydrogens is 264 g/mol. The van der Waals surface area contributed by atoms with Gasteiger partial charge < -0.3 is 0 Å². The van der Waals surface area contributed by atoms with E-state index in [0.29, 0.717) is 5.56 Å². The van der Waals surface area contributed by atoms with Crippen molar-refractivity contribution in [2.75, 3.05) is 0 Å². The zero-order valence-corrected chi connectivity index (χ0v) is 11.7. The molecule has 21 heavy (non-hydrogen) atoms. The number of amides is 2. The number of hydrogen-bond acceptors (Lipinski definition) is 2. The standard InChI is InChI=1S/C17H16N2O2/c1-13-6-5-7-14(12-13)10-11-16(20)18-19-17(21)15-8-3-2-4-9-15/h2-12H,1H3,(H,18,20)(H,19,21)/b11-10+. The van der Waals surface area contributed by atoms with Crippen LogP contribution >= 0.6 is 0 Å². The zero-order valence-electron chi connectivity index (χ0n) is 11.7. The van der Waals surface area contributed by atoms with Gasteiger partial charge in [-0.3, -0.25) is 20.4 Å². The van der Waals surface area contributed by atoms with Crippen LogP contribution in [0.1, 0.15) is 21.5 Å². The highest BCUT2D eigenvalue weighted by molar-refractivity contribution is 5.97. The molecular formula is C17H16N2O2. The molecule has 0 aliphatic rings. The number of aryl methyl sites for hydroxylation is 1. The SMILES string of the molecule is Cc1cccc(/C=C/C(=O)NNC(=O)c2ccccc2)c1. The second-order valence-corrected chi connectivity index (χ2v) is 4.56. The summed E-state index contributed by atoms with van der Waals surface area (Å²) in [7, 11) is 0. The molecule has 0 heterocycles. The lowest BCUT2D eigenvalue weighted by Gasteiger charge is -2.04. The van der Waals surface area contributed by atoms with E-state index in [-0.39, 0.29) is 11.8 Å². The zero-order chi connectivity index (χ0) is 15.1. The first-order chi connectivity index (χ1) is 10.1. The van der Waals surface area contributed by atoms with Crippen molar-refractivity contribution in [3.05, 3.63) is 77.4 Å². The number of rotatable bonds is 3. The average molecular weight is 280 g/mol. The van der Waals surface area contributed by atoms with Gasteiger partial charge in [0, 0.05) is 11.6 Å². The number of hydrazine groups is 1. The topological polar surface area (TPSA) is 58.2 Å². The summed E-state index contributed by atoms with van der Waals surface area (Å²) in [6, 6.07) is 16.4. The largest absolute Gasteiger partial charge is 0.269 e. The van der Waals surface area contributed by atoms with Crippen LogP contribution < -0.4 is 10.9 Å². The lowest BCUT2D eigenvalue weighted by atomic mass is 10.1. The molecule has 4 nitrogen and oxygen atoms in total. The molecule has 0 unspecified atom stereocenters. The molecule has 2 amide bonds. The quantitative estimate of drug-likeness (QED) is 0.670. The van der Waals surface area contributed by atoms with Gasteiger partial charge in [0.05, 0.1) is 0 Å². The summed E-state index contributed by atoms with van der Waals surface area (Å²) in [4.78, 5) is 23.3. The second-order valence-electron chi connectivity index (χ2n) is 4.56. The van der Waals surface area contributed by atoms with Crippen LogP contribution in [0.5, 0.6) is 0 Å². The van der Waals surface area contributed by atoms with Crippen molar-refractivity contribution < 1.29 is 9.59 Å². The molecule has 106 valence electrons. The summed E-state index contributed by atoms with van der Waals surface area (Å²) in [6.45, 7) is 1.98. The number of nitrogens with one attached hydrogen (secondary N) is 2. The van der Waals surface area contributed by atoms with Gasteiger partial charge in [-0.2, -0.15) is 0 Å². The van der Waals surface area contributed by atoms with Crippen molar-refractivity contribution in [2.24, 2.45) is 0 Å². The minimum Gasteiger partial charge on any atom is -0.268 e. The molecule has 0 radical (unpaired) electrons. The van der Waals surface area contributed by atoms with Crippen LogP contribution in [-0.4, -0.2) is 11.8 Å². The van der Waals surface area contributed by atoms with E-state index >= 15 is 0 Å². The Morgan fingerprint density at radius 3 is 2.43 bits per heavy atom. The molecule has 0 bridgehead atoms. The molecule has 0 saturated heterocycles. The van der Waals surface area contributed by atoms with Crippen molar-refractivity contribution in [3.8, 4) is 0 Å². The van der Waals surface area contributed by atoms with Crippen LogP contribution in [0.2, 0.25) is 0 Å². The number of carbonyl (C=O) groups excluding carboxylic acids is 2. The summed E-state index contributed by atoms with van der Waals surface area (Å²) in [5.41, 5.74) is 7.23. The molecule has 0 aliphatic carbocycles. The van der Waals surface area contributed by atoms with Gasteiger partial charge in [-0.05, 0) is 30.7 Å². The van der Waals surface area contributed by atoms with Crippen LogP contribution in [0.25, 0.3) is 6.08 Å². The van der Waals surface area contributed by atoms with E-state index in [9.17, 15) is 9.59 Å². The summed E-state index contributed by atoms with van der Waals surface area (Å²) < 4.78 is 0. The van der Waals surface area contributed by atoms with Gasteiger partial charge in [-0.1, -0.05) is 48.0 Å². The first-order valence-electron chi connectivity index (χ1n) is 6.55. The van der Waals surface area contributed by atoms with Gasteiger partial charge in [-0.25, -0.2) is 0 Å². The number of carbonyl (C=O) groups is 2. The molecule has 2 aromatic carbocycles. The van der Waals surface area contributed by atoms with Crippen molar-refractivity contribution in [3.63, 3.8) is 0 Å². The molecule has 4 heteroatoms. The molecule has 2 aromatic rings. The Hall–Kier alpha value is -2.88. The predicted octanol–water partition coefficient (Wildman–Crippen LogP) is 2.47. The second kappa shape index (κ2) is 7.05. The van der Waals surface area contributed by atoms with E-state index in [1.54, 1.807) is 30.3 Å². The Labute approximate surface area is 123 Å². The van der Waals surface area contributed by atoms with Crippen molar-refractivity contribution >= 4 is 17.9 Å². The molecule has 0 aliphatic heterocycles. The lowest BCUT2D eigenvalue weighted by molar-refractivity contribution is -0.117. The summed E-state index contributed by atoms with van der Waals surface area (Å²) in [5, 5.41) is 0. The number of hydrogen-bond donors (Lipinski definition) is 2. The van der Waals surface area contributed by atoms with E-state index < -0.39 is 0 Å². The Morgan fingerprint density at radius 1 is 0.952 bits per heavy atom. The minimum absolute atomic E-state index is 0.354. The first-order valence-corrected chi connectivity index (χ1v) is 6.55. The fourth-order valence-corrected chi connectivity index (χ4v) is 1.77. The van der Waals surface area contributed by atoms with E-state index in [1.807, 2.05) is 37.3 Å².